The monoisotopic (exact) mass is 333 g/mol. The van der Waals surface area contributed by atoms with E-state index in [1.54, 1.807) is 36.4 Å². The van der Waals surface area contributed by atoms with Crippen LogP contribution in [-0.2, 0) is 21.1 Å². The van der Waals surface area contributed by atoms with Crippen LogP contribution in [0.25, 0.3) is 0 Å². The average Bonchev–Trinajstić information content (AvgIpc) is 2.49. The van der Waals surface area contributed by atoms with Gasteiger partial charge in [0, 0.05) is 11.9 Å². The van der Waals surface area contributed by atoms with Gasteiger partial charge in [0.2, 0.25) is 5.91 Å². The zero-order valence-electron chi connectivity index (χ0n) is 13.1. The Balaban J connectivity index is 1.96. The van der Waals surface area contributed by atoms with Gasteiger partial charge in [0.05, 0.1) is 17.9 Å². The standard InChI is InChI=1S/C17H19NO4S/c1-3-22-15-8-6-14(7-9-15)18-17(19)12-13-4-10-16(11-5-13)23(2,20)21/h4-11H,3,12H2,1-2H3,(H,18,19). The van der Waals surface area contributed by atoms with E-state index >= 15 is 0 Å². The van der Waals surface area contributed by atoms with Crippen molar-refractivity contribution in [1.82, 2.24) is 0 Å². The molecule has 0 saturated heterocycles. The van der Waals surface area contributed by atoms with E-state index in [0.717, 1.165) is 17.6 Å². The second-order valence-corrected chi connectivity index (χ2v) is 7.11. The van der Waals surface area contributed by atoms with Crippen LogP contribution in [0, 0.1) is 0 Å². The SMILES string of the molecule is CCOc1ccc(NC(=O)Cc2ccc(S(C)(=O)=O)cc2)cc1. The number of amides is 1. The first-order valence-corrected chi connectivity index (χ1v) is 9.09. The number of sulfone groups is 1. The van der Waals surface area contributed by atoms with Crippen molar-refractivity contribution in [3.63, 3.8) is 0 Å². The molecule has 0 bridgehead atoms. The Morgan fingerprint density at radius 1 is 1.04 bits per heavy atom. The fourth-order valence-electron chi connectivity index (χ4n) is 2.05. The lowest BCUT2D eigenvalue weighted by Crippen LogP contribution is -2.14. The maximum atomic E-state index is 12.0. The Morgan fingerprint density at radius 3 is 2.17 bits per heavy atom. The third kappa shape index (κ3) is 5.10. The minimum absolute atomic E-state index is 0.165. The van der Waals surface area contributed by atoms with Crippen LogP contribution < -0.4 is 10.1 Å². The summed E-state index contributed by atoms with van der Waals surface area (Å²) in [4.78, 5) is 12.3. The maximum absolute atomic E-state index is 12.0. The summed E-state index contributed by atoms with van der Waals surface area (Å²) in [6.07, 6.45) is 1.33. The Kier molecular flexibility index (Phi) is 5.39. The molecule has 2 aromatic rings. The van der Waals surface area contributed by atoms with Gasteiger partial charge in [-0.1, -0.05) is 12.1 Å². The molecule has 122 valence electrons. The predicted molar refractivity (Wildman–Crippen MR) is 89.5 cm³/mol. The number of carbonyl (C=O) groups excluding carboxylic acids is 1. The van der Waals surface area contributed by atoms with Crippen LogP contribution in [-0.4, -0.2) is 27.2 Å². The van der Waals surface area contributed by atoms with E-state index in [2.05, 4.69) is 5.32 Å². The third-order valence-electron chi connectivity index (χ3n) is 3.17. The van der Waals surface area contributed by atoms with E-state index in [1.807, 2.05) is 6.92 Å². The summed E-state index contributed by atoms with van der Waals surface area (Å²) in [5.74, 6) is 0.586. The van der Waals surface area contributed by atoms with Crippen LogP contribution in [0.3, 0.4) is 0 Å². The Labute approximate surface area is 136 Å². The first-order chi connectivity index (χ1) is 10.9. The maximum Gasteiger partial charge on any atom is 0.228 e. The molecule has 0 heterocycles. The molecule has 0 aromatic heterocycles. The van der Waals surface area contributed by atoms with Crippen molar-refractivity contribution in [2.75, 3.05) is 18.2 Å². The molecular formula is C17H19NO4S. The fraction of sp³-hybridized carbons (Fsp3) is 0.235. The fourth-order valence-corrected chi connectivity index (χ4v) is 2.68. The van der Waals surface area contributed by atoms with Gasteiger partial charge < -0.3 is 10.1 Å². The molecule has 0 aliphatic carbocycles. The largest absolute Gasteiger partial charge is 0.494 e. The summed E-state index contributed by atoms with van der Waals surface area (Å²) in [6.45, 7) is 2.50. The van der Waals surface area contributed by atoms with Crippen molar-refractivity contribution in [1.29, 1.82) is 0 Å². The van der Waals surface area contributed by atoms with Gasteiger partial charge in [-0.3, -0.25) is 4.79 Å². The molecule has 0 aliphatic rings. The Bertz CT molecular complexity index is 765. The highest BCUT2D eigenvalue weighted by atomic mass is 32.2. The topological polar surface area (TPSA) is 72.5 Å². The molecule has 0 atom stereocenters. The van der Waals surface area contributed by atoms with E-state index in [4.69, 9.17) is 4.74 Å². The summed E-state index contributed by atoms with van der Waals surface area (Å²) in [5.41, 5.74) is 1.44. The van der Waals surface area contributed by atoms with Crippen molar-refractivity contribution < 1.29 is 17.9 Å². The summed E-state index contributed by atoms with van der Waals surface area (Å²) < 4.78 is 28.1. The second-order valence-electron chi connectivity index (χ2n) is 5.10. The highest BCUT2D eigenvalue weighted by Crippen LogP contribution is 2.16. The van der Waals surface area contributed by atoms with Gasteiger partial charge in [-0.2, -0.15) is 0 Å². The zero-order chi connectivity index (χ0) is 16.9. The van der Waals surface area contributed by atoms with Crippen molar-refractivity contribution >= 4 is 21.4 Å². The van der Waals surface area contributed by atoms with E-state index in [-0.39, 0.29) is 17.2 Å². The van der Waals surface area contributed by atoms with Gasteiger partial charge in [0.1, 0.15) is 5.75 Å². The van der Waals surface area contributed by atoms with Crippen LogP contribution in [0.15, 0.2) is 53.4 Å². The third-order valence-corrected chi connectivity index (χ3v) is 4.29. The number of nitrogens with one attached hydrogen (secondary N) is 1. The lowest BCUT2D eigenvalue weighted by molar-refractivity contribution is -0.115. The second kappa shape index (κ2) is 7.28. The van der Waals surface area contributed by atoms with Gasteiger partial charge in [-0.25, -0.2) is 8.42 Å². The van der Waals surface area contributed by atoms with Crippen molar-refractivity contribution in [2.45, 2.75) is 18.2 Å². The number of hydrogen-bond donors (Lipinski definition) is 1. The van der Waals surface area contributed by atoms with E-state index in [1.165, 1.54) is 12.1 Å². The number of anilines is 1. The van der Waals surface area contributed by atoms with Crippen molar-refractivity contribution in [3.8, 4) is 5.75 Å². The van der Waals surface area contributed by atoms with Crippen LogP contribution in [0.4, 0.5) is 5.69 Å². The number of ether oxygens (including phenoxy) is 1. The average molecular weight is 333 g/mol. The van der Waals surface area contributed by atoms with Gasteiger partial charge in [-0.15, -0.1) is 0 Å². The van der Waals surface area contributed by atoms with Crippen molar-refractivity contribution in [3.05, 3.63) is 54.1 Å². The van der Waals surface area contributed by atoms with E-state index in [9.17, 15) is 13.2 Å². The molecule has 0 saturated carbocycles. The molecule has 1 N–H and O–H groups in total. The molecule has 5 nitrogen and oxygen atoms in total. The Hall–Kier alpha value is -2.34. The minimum atomic E-state index is -3.22. The highest BCUT2D eigenvalue weighted by Gasteiger charge is 2.08. The van der Waals surface area contributed by atoms with E-state index < -0.39 is 9.84 Å². The summed E-state index contributed by atoms with van der Waals surface area (Å²) in [7, 11) is -3.22. The lowest BCUT2D eigenvalue weighted by Gasteiger charge is -2.07. The van der Waals surface area contributed by atoms with Crippen LogP contribution in [0.1, 0.15) is 12.5 Å². The molecule has 0 fully saturated rings. The molecule has 23 heavy (non-hydrogen) atoms. The van der Waals surface area contributed by atoms with Crippen molar-refractivity contribution in [2.24, 2.45) is 0 Å². The van der Waals surface area contributed by atoms with Gasteiger partial charge in [0.15, 0.2) is 9.84 Å². The predicted octanol–water partition coefficient (Wildman–Crippen LogP) is 2.67. The molecule has 2 aromatic carbocycles. The van der Waals surface area contributed by atoms with Gasteiger partial charge >= 0.3 is 0 Å². The van der Waals surface area contributed by atoms with Crippen LogP contribution in [0.2, 0.25) is 0 Å². The zero-order valence-corrected chi connectivity index (χ0v) is 13.9. The summed E-state index contributed by atoms with van der Waals surface area (Å²) >= 11 is 0. The first-order valence-electron chi connectivity index (χ1n) is 7.20. The van der Waals surface area contributed by atoms with Crippen LogP contribution in [0.5, 0.6) is 5.75 Å². The number of benzene rings is 2. The minimum Gasteiger partial charge on any atom is -0.494 e. The lowest BCUT2D eigenvalue weighted by atomic mass is 10.1. The molecular weight excluding hydrogens is 314 g/mol. The highest BCUT2D eigenvalue weighted by molar-refractivity contribution is 7.90. The molecule has 0 spiro atoms. The van der Waals surface area contributed by atoms with Crippen LogP contribution >= 0.6 is 0 Å². The van der Waals surface area contributed by atoms with Gasteiger partial charge in [0.25, 0.3) is 0 Å². The molecule has 0 aliphatic heterocycles. The molecule has 6 heteroatoms. The number of rotatable bonds is 6. The smallest absolute Gasteiger partial charge is 0.228 e. The molecule has 1 amide bonds. The quantitative estimate of drug-likeness (QED) is 0.882. The summed E-state index contributed by atoms with van der Waals surface area (Å²) in [5, 5.41) is 2.79. The number of carbonyl (C=O) groups is 1. The molecule has 2 rings (SSSR count). The van der Waals surface area contributed by atoms with E-state index in [0.29, 0.717) is 12.3 Å². The normalized spacial score (nSPS) is 11.0. The van der Waals surface area contributed by atoms with Gasteiger partial charge in [-0.05, 0) is 48.9 Å². The molecule has 0 unspecified atom stereocenters. The molecule has 0 radical (unpaired) electrons. The summed E-state index contributed by atoms with van der Waals surface area (Å²) in [6, 6.07) is 13.4. The number of hydrogen-bond acceptors (Lipinski definition) is 4. The first kappa shape index (κ1) is 17.0. The Morgan fingerprint density at radius 2 is 1.65 bits per heavy atom.